The molecule has 0 bridgehead atoms. The lowest BCUT2D eigenvalue weighted by molar-refractivity contribution is 0.578. The minimum atomic E-state index is 0.504. The first kappa shape index (κ1) is 8.07. The van der Waals surface area contributed by atoms with Gasteiger partial charge in [0.2, 0.25) is 0 Å². The van der Waals surface area contributed by atoms with Gasteiger partial charge in [-0.15, -0.1) is 0 Å². The zero-order valence-electron chi connectivity index (χ0n) is 7.40. The van der Waals surface area contributed by atoms with Crippen LogP contribution >= 0.6 is 0 Å². The van der Waals surface area contributed by atoms with Crippen molar-refractivity contribution in [1.29, 1.82) is 0 Å². The van der Waals surface area contributed by atoms with Crippen molar-refractivity contribution in [3.05, 3.63) is 30.3 Å². The van der Waals surface area contributed by atoms with Gasteiger partial charge in [0.05, 0.1) is 18.0 Å². The van der Waals surface area contributed by atoms with Crippen molar-refractivity contribution in [3.63, 3.8) is 0 Å². The maximum atomic E-state index is 5.47. The first-order valence-electron chi connectivity index (χ1n) is 4.06. The van der Waals surface area contributed by atoms with Crippen LogP contribution in [0.2, 0.25) is 0 Å². The third-order valence-corrected chi connectivity index (χ3v) is 1.88. The van der Waals surface area contributed by atoms with Crippen LogP contribution in [0.1, 0.15) is 5.56 Å². The number of nitrogens with two attached hydrogens (primary N) is 1. The molecule has 0 aliphatic carbocycles. The molecule has 4 heteroatoms. The SMILES string of the molecule is Cn1cc(-c2cc(CN)co2)cn1. The van der Waals surface area contributed by atoms with E-state index in [4.69, 9.17) is 10.2 Å². The molecule has 0 saturated heterocycles. The zero-order valence-corrected chi connectivity index (χ0v) is 7.40. The van der Waals surface area contributed by atoms with Crippen molar-refractivity contribution >= 4 is 0 Å². The highest BCUT2D eigenvalue weighted by molar-refractivity contribution is 5.55. The molecule has 68 valence electrons. The van der Waals surface area contributed by atoms with E-state index < -0.39 is 0 Å². The zero-order chi connectivity index (χ0) is 9.26. The molecule has 0 fully saturated rings. The second kappa shape index (κ2) is 3.06. The summed E-state index contributed by atoms with van der Waals surface area (Å²) in [6.07, 6.45) is 5.33. The smallest absolute Gasteiger partial charge is 0.137 e. The molecular weight excluding hydrogens is 166 g/mol. The van der Waals surface area contributed by atoms with Gasteiger partial charge in [-0.05, 0) is 6.07 Å². The van der Waals surface area contributed by atoms with Crippen molar-refractivity contribution in [3.8, 4) is 11.3 Å². The Morgan fingerprint density at radius 3 is 3.00 bits per heavy atom. The van der Waals surface area contributed by atoms with Crippen molar-refractivity contribution in [1.82, 2.24) is 9.78 Å². The van der Waals surface area contributed by atoms with Gasteiger partial charge < -0.3 is 10.2 Å². The van der Waals surface area contributed by atoms with E-state index in [2.05, 4.69) is 5.10 Å². The van der Waals surface area contributed by atoms with Gasteiger partial charge in [-0.3, -0.25) is 4.68 Å². The van der Waals surface area contributed by atoms with Crippen LogP contribution < -0.4 is 5.73 Å². The fourth-order valence-corrected chi connectivity index (χ4v) is 1.18. The molecule has 2 heterocycles. The van der Waals surface area contributed by atoms with Gasteiger partial charge in [0.25, 0.3) is 0 Å². The largest absolute Gasteiger partial charge is 0.464 e. The van der Waals surface area contributed by atoms with Gasteiger partial charge >= 0.3 is 0 Å². The van der Waals surface area contributed by atoms with Crippen LogP contribution in [0.5, 0.6) is 0 Å². The molecule has 0 spiro atoms. The molecule has 0 amide bonds. The van der Waals surface area contributed by atoms with Crippen LogP contribution in [-0.2, 0) is 13.6 Å². The molecule has 0 saturated carbocycles. The quantitative estimate of drug-likeness (QED) is 0.748. The van der Waals surface area contributed by atoms with Gasteiger partial charge in [-0.2, -0.15) is 5.10 Å². The Labute approximate surface area is 76.0 Å². The Morgan fingerprint density at radius 2 is 2.46 bits per heavy atom. The Balaban J connectivity index is 2.35. The molecule has 2 rings (SSSR count). The van der Waals surface area contributed by atoms with Gasteiger partial charge in [0.1, 0.15) is 5.76 Å². The third-order valence-electron chi connectivity index (χ3n) is 1.88. The van der Waals surface area contributed by atoms with E-state index in [0.717, 1.165) is 16.9 Å². The predicted molar refractivity (Wildman–Crippen MR) is 48.8 cm³/mol. The molecule has 13 heavy (non-hydrogen) atoms. The maximum absolute atomic E-state index is 5.47. The van der Waals surface area contributed by atoms with Crippen LogP contribution in [0.25, 0.3) is 11.3 Å². The highest BCUT2D eigenvalue weighted by atomic mass is 16.3. The standard InChI is InChI=1S/C9H11N3O/c1-12-5-8(4-11-12)9-2-7(3-10)6-13-9/h2,4-6H,3,10H2,1H3. The van der Waals surface area contributed by atoms with E-state index in [1.54, 1.807) is 17.1 Å². The molecule has 4 nitrogen and oxygen atoms in total. The molecule has 0 radical (unpaired) electrons. The summed E-state index contributed by atoms with van der Waals surface area (Å²) < 4.78 is 7.06. The second-order valence-electron chi connectivity index (χ2n) is 2.93. The number of aromatic nitrogens is 2. The van der Waals surface area contributed by atoms with Crippen molar-refractivity contribution in [2.24, 2.45) is 12.8 Å². The molecular formula is C9H11N3O. The van der Waals surface area contributed by atoms with Crippen LogP contribution in [0.4, 0.5) is 0 Å². The minimum Gasteiger partial charge on any atom is -0.464 e. The number of hydrogen-bond donors (Lipinski definition) is 1. The Morgan fingerprint density at radius 1 is 1.62 bits per heavy atom. The lowest BCUT2D eigenvalue weighted by atomic mass is 10.2. The van der Waals surface area contributed by atoms with E-state index in [0.29, 0.717) is 6.54 Å². The van der Waals surface area contributed by atoms with Crippen LogP contribution in [0.15, 0.2) is 29.1 Å². The highest BCUT2D eigenvalue weighted by Gasteiger charge is 2.04. The summed E-state index contributed by atoms with van der Waals surface area (Å²) >= 11 is 0. The molecule has 2 aromatic rings. The van der Waals surface area contributed by atoms with Gasteiger partial charge in [0, 0.05) is 25.4 Å². The number of hydrogen-bond acceptors (Lipinski definition) is 3. The van der Waals surface area contributed by atoms with E-state index >= 15 is 0 Å². The lowest BCUT2D eigenvalue weighted by Gasteiger charge is -1.86. The second-order valence-corrected chi connectivity index (χ2v) is 2.93. The molecule has 2 aromatic heterocycles. The average molecular weight is 177 g/mol. The number of rotatable bonds is 2. The summed E-state index contributed by atoms with van der Waals surface area (Å²) in [5, 5.41) is 4.05. The summed E-state index contributed by atoms with van der Waals surface area (Å²) in [6.45, 7) is 0.504. The van der Waals surface area contributed by atoms with Crippen LogP contribution in [0.3, 0.4) is 0 Å². The van der Waals surface area contributed by atoms with Crippen molar-refractivity contribution in [2.75, 3.05) is 0 Å². The molecule has 0 unspecified atom stereocenters. The van der Waals surface area contributed by atoms with E-state index in [1.165, 1.54) is 0 Å². The molecule has 0 atom stereocenters. The van der Waals surface area contributed by atoms with E-state index in [-0.39, 0.29) is 0 Å². The van der Waals surface area contributed by atoms with E-state index in [9.17, 15) is 0 Å². The van der Waals surface area contributed by atoms with Crippen LogP contribution in [0, 0.1) is 0 Å². The van der Waals surface area contributed by atoms with Gasteiger partial charge in [-0.25, -0.2) is 0 Å². The van der Waals surface area contributed by atoms with Crippen LogP contribution in [-0.4, -0.2) is 9.78 Å². The average Bonchev–Trinajstić information content (AvgIpc) is 2.71. The van der Waals surface area contributed by atoms with E-state index in [1.807, 2.05) is 19.3 Å². The third kappa shape index (κ3) is 1.48. The summed E-state index contributed by atoms with van der Waals surface area (Å²) in [6, 6.07) is 1.93. The van der Waals surface area contributed by atoms with Gasteiger partial charge in [0.15, 0.2) is 0 Å². The molecule has 0 aliphatic heterocycles. The summed E-state index contributed by atoms with van der Waals surface area (Å²) in [4.78, 5) is 0. The van der Waals surface area contributed by atoms with Crippen molar-refractivity contribution in [2.45, 2.75) is 6.54 Å². The normalized spacial score (nSPS) is 10.6. The minimum absolute atomic E-state index is 0.504. The van der Waals surface area contributed by atoms with Crippen molar-refractivity contribution < 1.29 is 4.42 Å². The Kier molecular flexibility index (Phi) is 1.90. The number of aryl methyl sites for hydroxylation is 1. The predicted octanol–water partition coefficient (Wildman–Crippen LogP) is 1.14. The number of nitrogens with zero attached hydrogens (tertiary/aromatic N) is 2. The summed E-state index contributed by atoms with van der Waals surface area (Å²) in [7, 11) is 1.87. The molecule has 0 aliphatic rings. The van der Waals surface area contributed by atoms with Gasteiger partial charge in [-0.1, -0.05) is 0 Å². The highest BCUT2D eigenvalue weighted by Crippen LogP contribution is 2.20. The lowest BCUT2D eigenvalue weighted by Crippen LogP contribution is -1.92. The number of furan rings is 1. The first-order chi connectivity index (χ1) is 6.29. The topological polar surface area (TPSA) is 57.0 Å². The Bertz CT molecular complexity index is 402. The fraction of sp³-hybridized carbons (Fsp3) is 0.222. The summed E-state index contributed by atoms with van der Waals surface area (Å²) in [5.41, 5.74) is 7.44. The fourth-order valence-electron chi connectivity index (χ4n) is 1.18. The maximum Gasteiger partial charge on any atom is 0.137 e. The molecule has 0 aromatic carbocycles. The monoisotopic (exact) mass is 177 g/mol. The first-order valence-corrected chi connectivity index (χ1v) is 4.06. The summed E-state index contributed by atoms with van der Waals surface area (Å²) in [5.74, 6) is 0.813. The molecule has 2 N–H and O–H groups in total. The Hall–Kier alpha value is -1.55.